The van der Waals surface area contributed by atoms with Crippen LogP contribution in [0.4, 0.5) is 11.6 Å². The summed E-state index contributed by atoms with van der Waals surface area (Å²) in [5.74, 6) is 1.54. The van der Waals surface area contributed by atoms with Crippen molar-refractivity contribution in [3.05, 3.63) is 30.3 Å². The van der Waals surface area contributed by atoms with Crippen LogP contribution < -0.4 is 9.80 Å². The molecule has 0 amide bonds. The van der Waals surface area contributed by atoms with Gasteiger partial charge in [-0.05, 0) is 24.3 Å². The van der Waals surface area contributed by atoms with Gasteiger partial charge in [-0.3, -0.25) is 0 Å². The minimum atomic E-state index is -3.61. The third kappa shape index (κ3) is 3.33. The molecule has 0 aliphatic carbocycles. The Kier molecular flexibility index (Phi) is 4.66. The van der Waals surface area contributed by atoms with Crippen molar-refractivity contribution in [1.82, 2.24) is 23.2 Å². The lowest BCUT2D eigenvalue weighted by molar-refractivity contribution is 0.384. The van der Waals surface area contributed by atoms with E-state index in [2.05, 4.69) is 18.9 Å². The van der Waals surface area contributed by atoms with Crippen LogP contribution in [0.3, 0.4) is 0 Å². The first kappa shape index (κ1) is 18.0. The molecule has 1 saturated heterocycles. The van der Waals surface area contributed by atoms with Crippen LogP contribution in [0.2, 0.25) is 0 Å². The molecular formula is C16H19N7O2S2. The topological polar surface area (TPSA) is 95.4 Å². The van der Waals surface area contributed by atoms with Crippen molar-refractivity contribution in [2.24, 2.45) is 0 Å². The van der Waals surface area contributed by atoms with Gasteiger partial charge in [0.2, 0.25) is 10.0 Å². The number of benzene rings is 1. The zero-order valence-corrected chi connectivity index (χ0v) is 16.6. The summed E-state index contributed by atoms with van der Waals surface area (Å²) in [6.45, 7) is 1.88. The third-order valence-corrected chi connectivity index (χ3v) is 7.00. The number of anilines is 2. The summed E-state index contributed by atoms with van der Waals surface area (Å²) in [6.07, 6.45) is 0. The monoisotopic (exact) mass is 405 g/mol. The second-order valence-corrected chi connectivity index (χ2v) is 8.86. The van der Waals surface area contributed by atoms with Gasteiger partial charge in [0, 0.05) is 40.3 Å². The van der Waals surface area contributed by atoms with E-state index in [1.54, 1.807) is 18.2 Å². The zero-order valence-electron chi connectivity index (χ0n) is 15.0. The molecule has 1 fully saturated rings. The van der Waals surface area contributed by atoms with E-state index in [4.69, 9.17) is 0 Å². The third-order valence-electron chi connectivity index (χ3n) is 4.52. The maximum atomic E-state index is 13.1. The molecule has 9 nitrogen and oxygen atoms in total. The largest absolute Gasteiger partial charge is 0.361 e. The van der Waals surface area contributed by atoms with Crippen LogP contribution in [0.25, 0.3) is 11.0 Å². The first-order chi connectivity index (χ1) is 13.0. The van der Waals surface area contributed by atoms with Gasteiger partial charge in [0.25, 0.3) is 0 Å². The Hall–Kier alpha value is -2.37. The predicted molar refractivity (Wildman–Crippen MR) is 105 cm³/mol. The van der Waals surface area contributed by atoms with Crippen molar-refractivity contribution >= 4 is 44.4 Å². The van der Waals surface area contributed by atoms with E-state index in [9.17, 15) is 8.42 Å². The molecule has 2 aromatic heterocycles. The molecule has 0 radical (unpaired) electrons. The fourth-order valence-electron chi connectivity index (χ4n) is 3.01. The molecule has 0 unspecified atom stereocenters. The Bertz CT molecular complexity index is 1040. The zero-order chi connectivity index (χ0) is 19.0. The number of aromatic nitrogens is 4. The summed E-state index contributed by atoms with van der Waals surface area (Å²) < 4.78 is 35.9. The second kappa shape index (κ2) is 6.98. The van der Waals surface area contributed by atoms with E-state index in [1.165, 1.54) is 4.31 Å². The van der Waals surface area contributed by atoms with E-state index in [1.807, 2.05) is 36.0 Å². The smallest absolute Gasteiger partial charge is 0.245 e. The van der Waals surface area contributed by atoms with Gasteiger partial charge in [-0.15, -0.1) is 10.2 Å². The molecule has 11 heteroatoms. The van der Waals surface area contributed by atoms with Gasteiger partial charge in [0.05, 0.1) is 11.7 Å². The molecule has 3 heterocycles. The number of hydrogen-bond acceptors (Lipinski definition) is 9. The van der Waals surface area contributed by atoms with Gasteiger partial charge in [-0.1, -0.05) is 6.07 Å². The summed E-state index contributed by atoms with van der Waals surface area (Å²) in [5, 5.41) is 8.44. The lowest BCUT2D eigenvalue weighted by Gasteiger charge is -2.34. The first-order valence-corrected chi connectivity index (χ1v) is 10.6. The summed E-state index contributed by atoms with van der Waals surface area (Å²) in [7, 11) is 0.203. The van der Waals surface area contributed by atoms with Gasteiger partial charge in [0.15, 0.2) is 11.6 Å². The van der Waals surface area contributed by atoms with Crippen molar-refractivity contribution in [3.63, 3.8) is 0 Å². The van der Waals surface area contributed by atoms with Gasteiger partial charge < -0.3 is 9.80 Å². The number of sulfonamides is 1. The highest BCUT2D eigenvalue weighted by molar-refractivity contribution is 7.89. The van der Waals surface area contributed by atoms with Crippen molar-refractivity contribution in [2.75, 3.05) is 50.1 Å². The summed E-state index contributed by atoms with van der Waals surface area (Å²) in [6, 6.07) is 8.88. The lowest BCUT2D eigenvalue weighted by atomic mass is 10.3. The van der Waals surface area contributed by atoms with Gasteiger partial charge >= 0.3 is 0 Å². The molecule has 1 aromatic carbocycles. The fraction of sp³-hybridized carbons (Fsp3) is 0.375. The van der Waals surface area contributed by atoms with Crippen LogP contribution in [0.5, 0.6) is 0 Å². The van der Waals surface area contributed by atoms with Crippen LogP contribution in [0, 0.1) is 0 Å². The van der Waals surface area contributed by atoms with E-state index < -0.39 is 10.0 Å². The highest BCUT2D eigenvalue weighted by Gasteiger charge is 2.31. The molecule has 27 heavy (non-hydrogen) atoms. The normalized spacial score (nSPS) is 16.0. The minimum Gasteiger partial charge on any atom is -0.361 e. The van der Waals surface area contributed by atoms with Crippen LogP contribution in [-0.2, 0) is 10.0 Å². The highest BCUT2D eigenvalue weighted by atomic mass is 32.2. The number of rotatable bonds is 4. The molecule has 0 atom stereocenters. The lowest BCUT2D eigenvalue weighted by Crippen LogP contribution is -2.49. The molecule has 0 N–H and O–H groups in total. The van der Waals surface area contributed by atoms with Gasteiger partial charge in [-0.25, -0.2) is 8.42 Å². The van der Waals surface area contributed by atoms with E-state index >= 15 is 0 Å². The Labute approximate surface area is 161 Å². The second-order valence-electron chi connectivity index (χ2n) is 6.42. The average Bonchev–Trinajstić information content (AvgIpc) is 3.17. The highest BCUT2D eigenvalue weighted by Crippen LogP contribution is 2.26. The van der Waals surface area contributed by atoms with Crippen LogP contribution in [0.1, 0.15) is 0 Å². The molecular weight excluding hydrogens is 386 g/mol. The Morgan fingerprint density at radius 3 is 2.44 bits per heavy atom. The molecule has 4 rings (SSSR count). The summed E-state index contributed by atoms with van der Waals surface area (Å²) in [5.41, 5.74) is 1.05. The van der Waals surface area contributed by atoms with Gasteiger partial charge in [-0.2, -0.15) is 13.1 Å². The quantitative estimate of drug-likeness (QED) is 0.636. The average molecular weight is 406 g/mol. The SMILES string of the molecule is CN(C)c1ccc(N2CCN(S(=O)(=O)c3cccc4nsnc34)CC2)nn1. The molecule has 142 valence electrons. The maximum Gasteiger partial charge on any atom is 0.245 e. The standard InChI is InChI=1S/C16H19N7O2S2/c1-21(2)14-6-7-15(18-17-14)22-8-10-23(11-9-22)27(24,25)13-5-3-4-12-16(13)20-26-19-12/h3-7H,8-11H2,1-2H3. The van der Waals surface area contributed by atoms with Crippen molar-refractivity contribution in [2.45, 2.75) is 4.90 Å². The number of fused-ring (bicyclic) bond motifs is 1. The van der Waals surface area contributed by atoms with Gasteiger partial charge in [0.1, 0.15) is 15.9 Å². The van der Waals surface area contributed by atoms with E-state index in [0.29, 0.717) is 37.2 Å². The predicted octanol–water partition coefficient (Wildman–Crippen LogP) is 1.06. The Morgan fingerprint density at radius 1 is 1.00 bits per heavy atom. The van der Waals surface area contributed by atoms with Crippen LogP contribution >= 0.6 is 11.7 Å². The molecule has 3 aromatic rings. The molecule has 0 bridgehead atoms. The Balaban J connectivity index is 1.51. The number of piperazine rings is 1. The van der Waals surface area contributed by atoms with E-state index in [0.717, 1.165) is 23.4 Å². The molecule has 1 aliphatic heterocycles. The van der Waals surface area contributed by atoms with Crippen molar-refractivity contribution < 1.29 is 8.42 Å². The summed E-state index contributed by atoms with van der Waals surface area (Å²) >= 11 is 1.02. The molecule has 1 aliphatic rings. The number of hydrogen-bond donors (Lipinski definition) is 0. The minimum absolute atomic E-state index is 0.220. The van der Waals surface area contributed by atoms with Crippen molar-refractivity contribution in [1.29, 1.82) is 0 Å². The molecule has 0 spiro atoms. The maximum absolute atomic E-state index is 13.1. The van der Waals surface area contributed by atoms with Crippen LogP contribution in [0.15, 0.2) is 35.2 Å². The van der Waals surface area contributed by atoms with Crippen molar-refractivity contribution in [3.8, 4) is 0 Å². The van der Waals surface area contributed by atoms with Crippen LogP contribution in [-0.4, -0.2) is 71.9 Å². The first-order valence-electron chi connectivity index (χ1n) is 8.44. The Morgan fingerprint density at radius 2 is 1.78 bits per heavy atom. The summed E-state index contributed by atoms with van der Waals surface area (Å²) in [4.78, 5) is 4.15. The number of nitrogens with zero attached hydrogens (tertiary/aromatic N) is 7. The fourth-order valence-corrected chi connectivity index (χ4v) is 5.19. The molecule has 0 saturated carbocycles. The van der Waals surface area contributed by atoms with E-state index in [-0.39, 0.29) is 4.90 Å².